The molecule has 8 aliphatic rings. The minimum Gasteiger partial charge on any atom is -0.508 e. The van der Waals surface area contributed by atoms with Gasteiger partial charge >= 0.3 is 5.97 Å². The number of halogens is 2. The molecule has 22 atom stereocenters. The first kappa shape index (κ1) is 88.0. The number of amides is 7. The lowest BCUT2D eigenvalue weighted by molar-refractivity contribution is -0.334. The van der Waals surface area contributed by atoms with Gasteiger partial charge in [-0.1, -0.05) is 67.4 Å². The molecule has 3 saturated heterocycles. The second-order valence-corrected chi connectivity index (χ2v) is 32.0. The van der Waals surface area contributed by atoms with Gasteiger partial charge in [0.15, 0.2) is 36.2 Å². The summed E-state index contributed by atoms with van der Waals surface area (Å²) < 4.78 is 52.5. The summed E-state index contributed by atoms with van der Waals surface area (Å²) >= 11 is 14.6. The summed E-state index contributed by atoms with van der Waals surface area (Å²) in [4.78, 5) is 120. The van der Waals surface area contributed by atoms with Gasteiger partial charge in [-0.25, -0.2) is 4.79 Å². The van der Waals surface area contributed by atoms with Crippen molar-refractivity contribution in [1.29, 1.82) is 0 Å². The molecular weight excluding hydrogens is 1600 g/mol. The normalized spacial score (nSPS) is 30.7. The minimum atomic E-state index is -2.40. The Morgan fingerprint density at radius 3 is 1.87 bits per heavy atom. The molecule has 0 radical (unpaired) electrons. The lowest BCUT2D eigenvalue weighted by atomic mass is 9.84. The standard InChI is InChI=1S/C80H94Cl2N10O27/c1-31(2)18-45(85-7)71(104)91-61-63(99)36-11-16-49(43(81)20-36)114-51-22-38-23-52(67(51)119-78-68(65(101)64(100)53(30-93)116-78)118-56-28-80(6,70(103)33(4)113-56)86-29-34-8-13-39(94)14-9-34)115-50-17-12-37(21-44(50)82)66(117-55-27-79(5,84)69(102)32(3)112-55)62-76(109)90-60(77(110)111)42-24-40(95)25-48(97)57(42)41-19-35(10-15-47(41)96)58(73(106)92-62)89-74(107)59(38)88-72(105)46(26-54(83)98)87-75(61)108/h8-17,19-25,31-33,45-46,53,55-56,58-66,68-70,78,85-86,93-97,99-103H,18,26-30,84H2,1-7H3,(H2,83,98)(H,87,108)(H,88,105)(H,89,107)(H,90,109)(H,91,104)(H,92,106)(H,110,111)/t32-,33-,45+,46-,53+,55-,56-,58+,59+,60-,61+,62-,63+,64+,65-,66+,68+,69-,70-,78-,79-,80-/m0/s1. The number of carbonyl (C=O) groups excluding carboxylic acids is 7. The van der Waals surface area contributed by atoms with Gasteiger partial charge < -0.3 is 148 Å². The van der Waals surface area contributed by atoms with E-state index in [9.17, 15) is 70.6 Å². The molecule has 11 bridgehead atoms. The van der Waals surface area contributed by atoms with Crippen molar-refractivity contribution in [2.45, 2.75) is 207 Å². The fraction of sp³-hybridized carbons (Fsp3) is 0.450. The molecule has 0 aromatic heterocycles. The average Bonchev–Trinajstić information content (AvgIpc) is 0.763. The van der Waals surface area contributed by atoms with Gasteiger partial charge in [-0.2, -0.15) is 0 Å². The van der Waals surface area contributed by atoms with Crippen molar-refractivity contribution in [2.24, 2.45) is 17.4 Å². The third kappa shape index (κ3) is 19.1. The SMILES string of the molecule is CN[C@H](CC(C)C)C(=O)N[C@H]1C(=O)N[C@@H](CC(N)=O)C(=O)N[C@H]2C(=O)N[C@H]3C(=O)N[C@H](C(=O)N[C@H](C(=O)O)c4cc(O)cc(O)c4-c4cc3ccc4O)[C@H](O[C@H]3C[C@](C)(N)[C@@H](O)[C@H](C)O3)c3ccc(c(Cl)c3)Oc3cc2cc(c3O[C@@H]2O[C@H](CO)[C@@H](O)[C@H](O)[C@H]2O[C@H]2C[C@](C)(NCc3ccc(O)cc3)[C@@H](O)[C@H](C)O2)Oc2ccc(cc2Cl)[C@H]1O. The van der Waals surface area contributed by atoms with Crippen LogP contribution in [0.3, 0.4) is 0 Å². The zero-order valence-electron chi connectivity index (χ0n) is 65.0. The number of nitrogens with two attached hydrogens (primary N) is 2. The highest BCUT2D eigenvalue weighted by molar-refractivity contribution is 6.32. The van der Waals surface area contributed by atoms with Crippen LogP contribution in [0.1, 0.15) is 131 Å². The van der Waals surface area contributed by atoms with Gasteiger partial charge in [-0.3, -0.25) is 33.6 Å². The van der Waals surface area contributed by atoms with Crippen molar-refractivity contribution >= 4 is 70.5 Å². The maximum absolute atomic E-state index is 16.5. The van der Waals surface area contributed by atoms with E-state index in [1.165, 1.54) is 63.4 Å². The summed E-state index contributed by atoms with van der Waals surface area (Å²) in [6, 6.07) is 5.73. The van der Waals surface area contributed by atoms with Crippen molar-refractivity contribution in [2.75, 3.05) is 13.7 Å². The van der Waals surface area contributed by atoms with E-state index in [1.54, 1.807) is 26.0 Å². The monoisotopic (exact) mass is 1700 g/mol. The van der Waals surface area contributed by atoms with Gasteiger partial charge in [0.2, 0.25) is 53.4 Å². The number of aliphatic hydroxyl groups excluding tert-OH is 6. The molecule has 37 nitrogen and oxygen atoms in total. The number of phenolic OH excluding ortho intramolecular Hbond substituents is 4. The van der Waals surface area contributed by atoms with E-state index in [4.69, 9.17) is 72.6 Å². The number of ether oxygens (including phenoxy) is 8. The van der Waals surface area contributed by atoms with E-state index in [0.717, 1.165) is 48.5 Å². The van der Waals surface area contributed by atoms with E-state index < -0.39 is 261 Å². The number of carboxylic acid groups (broad SMARTS) is 1. The number of carboxylic acids is 1. The predicted octanol–water partition coefficient (Wildman–Crippen LogP) is 1.88. The number of aliphatic hydroxyl groups is 6. The summed E-state index contributed by atoms with van der Waals surface area (Å²) in [5, 5.41) is 147. The Morgan fingerprint density at radius 2 is 1.25 bits per heavy atom. The van der Waals surface area contributed by atoms with Crippen LogP contribution >= 0.6 is 23.2 Å². The molecule has 8 heterocycles. The molecule has 0 spiro atoms. The minimum absolute atomic E-state index is 0.00236. The van der Waals surface area contributed by atoms with Crippen LogP contribution in [0, 0.1) is 5.92 Å². The number of benzene rings is 6. The molecule has 3 fully saturated rings. The lowest BCUT2D eigenvalue weighted by Crippen LogP contribution is -2.65. The number of likely N-dealkylation sites (N-methyl/N-ethyl adjacent to an activating group) is 1. The molecule has 14 rings (SSSR count). The zero-order valence-corrected chi connectivity index (χ0v) is 66.6. The molecular formula is C80H94Cl2N10O27. The molecule has 39 heteroatoms. The third-order valence-corrected chi connectivity index (χ3v) is 22.3. The van der Waals surface area contributed by atoms with Crippen molar-refractivity contribution in [3.63, 3.8) is 0 Å². The topological polar surface area (TPSA) is 581 Å². The summed E-state index contributed by atoms with van der Waals surface area (Å²) in [5.41, 5.74) is 7.60. The van der Waals surface area contributed by atoms with Crippen molar-refractivity contribution in [3.05, 3.63) is 147 Å². The van der Waals surface area contributed by atoms with E-state index in [-0.39, 0.29) is 64.9 Å². The van der Waals surface area contributed by atoms with E-state index in [0.29, 0.717) is 5.56 Å². The van der Waals surface area contributed by atoms with Gasteiger partial charge in [-0.15, -0.1) is 0 Å². The molecule has 23 N–H and O–H groups in total. The first-order chi connectivity index (χ1) is 56.2. The van der Waals surface area contributed by atoms with Crippen LogP contribution in [-0.2, 0) is 68.6 Å². The molecule has 0 aliphatic carbocycles. The van der Waals surface area contributed by atoms with Crippen LogP contribution in [0.25, 0.3) is 11.1 Å². The number of nitrogens with one attached hydrogen (secondary N) is 8. The van der Waals surface area contributed by atoms with Crippen LogP contribution in [0.4, 0.5) is 0 Å². The number of rotatable bonds is 18. The van der Waals surface area contributed by atoms with E-state index in [1.807, 2.05) is 13.8 Å². The number of hydrogen-bond donors (Lipinski definition) is 21. The molecule has 6 aromatic rings. The number of hydrogen-bond acceptors (Lipinski definition) is 29. The number of fused-ring (bicyclic) bond motifs is 15. The number of carbonyl (C=O) groups is 8. The Labute approximate surface area is 689 Å². The highest BCUT2D eigenvalue weighted by Gasteiger charge is 2.53. The number of aromatic hydroxyl groups is 4. The third-order valence-electron chi connectivity index (χ3n) is 21.7. The number of primary amides is 1. The van der Waals surface area contributed by atoms with Gasteiger partial charge in [-0.05, 0) is 142 Å². The second-order valence-electron chi connectivity index (χ2n) is 31.2. The fourth-order valence-corrected chi connectivity index (χ4v) is 15.8. The molecule has 0 unspecified atom stereocenters. The van der Waals surface area contributed by atoms with Gasteiger partial charge in [0.1, 0.15) is 95.2 Å². The molecule has 6 aromatic carbocycles. The lowest BCUT2D eigenvalue weighted by Gasteiger charge is -2.48. The van der Waals surface area contributed by atoms with Crippen molar-refractivity contribution in [3.8, 4) is 62.9 Å². The summed E-state index contributed by atoms with van der Waals surface area (Å²) in [6.45, 7) is 8.92. The van der Waals surface area contributed by atoms with Crippen LogP contribution in [0.5, 0.6) is 51.7 Å². The number of phenols is 4. The highest BCUT2D eigenvalue weighted by Crippen LogP contribution is 2.51. The first-order valence-corrected chi connectivity index (χ1v) is 38.8. The maximum atomic E-state index is 16.5. The Bertz CT molecular complexity index is 4860. The number of aliphatic carboxylic acids is 1. The summed E-state index contributed by atoms with van der Waals surface area (Å²) in [6.07, 6.45) is -23.0. The Morgan fingerprint density at radius 1 is 0.647 bits per heavy atom. The maximum Gasteiger partial charge on any atom is 0.330 e. The smallest absolute Gasteiger partial charge is 0.330 e. The molecule has 640 valence electrons. The van der Waals surface area contributed by atoms with Gasteiger partial charge in [0.05, 0.1) is 53.5 Å². The van der Waals surface area contributed by atoms with Crippen LogP contribution < -0.4 is 68.2 Å². The average molecular weight is 1700 g/mol. The Kier molecular flexibility index (Phi) is 26.6. The summed E-state index contributed by atoms with van der Waals surface area (Å²) in [7, 11) is 1.47. The quantitative estimate of drug-likeness (QED) is 0.0584. The van der Waals surface area contributed by atoms with Crippen molar-refractivity contribution in [1.82, 2.24) is 42.5 Å². The van der Waals surface area contributed by atoms with Gasteiger partial charge in [0, 0.05) is 53.2 Å². The second kappa shape index (κ2) is 35.9. The highest BCUT2D eigenvalue weighted by atomic mass is 35.5. The van der Waals surface area contributed by atoms with Crippen LogP contribution in [0.2, 0.25) is 10.0 Å². The first-order valence-electron chi connectivity index (χ1n) is 38.0. The van der Waals surface area contributed by atoms with Crippen molar-refractivity contribution < 1.29 is 132 Å². The molecule has 8 aliphatic heterocycles. The van der Waals surface area contributed by atoms with E-state index >= 15 is 24.0 Å². The Hall–Kier alpha value is -10.3. The van der Waals surface area contributed by atoms with E-state index in [2.05, 4.69) is 42.5 Å². The van der Waals surface area contributed by atoms with Crippen LogP contribution in [-0.4, -0.2) is 220 Å². The van der Waals surface area contributed by atoms with Crippen LogP contribution in [0.15, 0.2) is 103 Å². The zero-order chi connectivity index (χ0) is 86.3. The molecule has 7 amide bonds. The molecule has 0 saturated carbocycles. The Balaban J connectivity index is 1.10. The predicted molar refractivity (Wildman–Crippen MR) is 416 cm³/mol. The fourth-order valence-electron chi connectivity index (χ4n) is 15.3. The molecule has 119 heavy (non-hydrogen) atoms. The van der Waals surface area contributed by atoms with Gasteiger partial charge in [0.25, 0.3) is 0 Å². The summed E-state index contributed by atoms with van der Waals surface area (Å²) in [5.74, 6) is -16.2. The largest absolute Gasteiger partial charge is 0.508 e.